The highest BCUT2D eigenvalue weighted by Gasteiger charge is 2.33. The van der Waals surface area contributed by atoms with Crippen molar-refractivity contribution in [1.29, 1.82) is 0 Å². The molecule has 2 aliphatic rings. The predicted molar refractivity (Wildman–Crippen MR) is 84.1 cm³/mol. The van der Waals surface area contributed by atoms with Gasteiger partial charge in [-0.3, -0.25) is 4.68 Å². The second kappa shape index (κ2) is 4.45. The van der Waals surface area contributed by atoms with E-state index in [1.807, 2.05) is 0 Å². The molecule has 3 heterocycles. The maximum absolute atomic E-state index is 4.66. The number of pyridine rings is 1. The highest BCUT2D eigenvalue weighted by molar-refractivity contribution is 9.10. The van der Waals surface area contributed by atoms with E-state index in [4.69, 9.17) is 0 Å². The molecule has 0 spiro atoms. The van der Waals surface area contributed by atoms with Crippen LogP contribution in [0.1, 0.15) is 31.9 Å². The van der Waals surface area contributed by atoms with E-state index < -0.39 is 0 Å². The fraction of sp³-hybridized carbons (Fsp3) is 0.600. The van der Waals surface area contributed by atoms with E-state index in [2.05, 4.69) is 55.5 Å². The van der Waals surface area contributed by atoms with Crippen molar-refractivity contribution in [2.75, 3.05) is 11.4 Å². The quantitative estimate of drug-likeness (QED) is 0.861. The van der Waals surface area contributed by atoms with Crippen LogP contribution < -0.4 is 4.90 Å². The van der Waals surface area contributed by atoms with Crippen molar-refractivity contribution in [2.45, 2.75) is 45.7 Å². The molecule has 1 saturated carbocycles. The van der Waals surface area contributed by atoms with Gasteiger partial charge in [-0.1, -0.05) is 6.92 Å². The Labute approximate surface area is 127 Å². The van der Waals surface area contributed by atoms with Gasteiger partial charge < -0.3 is 4.90 Å². The van der Waals surface area contributed by atoms with E-state index in [1.54, 1.807) is 0 Å². The molecule has 1 aliphatic heterocycles. The van der Waals surface area contributed by atoms with E-state index in [0.717, 1.165) is 34.7 Å². The third-order valence-electron chi connectivity index (χ3n) is 4.52. The van der Waals surface area contributed by atoms with Gasteiger partial charge in [-0.15, -0.1) is 0 Å². The highest BCUT2D eigenvalue weighted by atomic mass is 79.9. The van der Waals surface area contributed by atoms with Gasteiger partial charge in [-0.05, 0) is 54.1 Å². The molecule has 106 valence electrons. The average Bonchev–Trinajstić information content (AvgIpc) is 3.18. The third-order valence-corrected chi connectivity index (χ3v) is 5.05. The molecular weight excluding hydrogens is 316 g/mol. The Kier molecular flexibility index (Phi) is 2.81. The maximum atomic E-state index is 4.66. The van der Waals surface area contributed by atoms with Crippen molar-refractivity contribution >= 4 is 32.7 Å². The molecule has 0 aromatic carbocycles. The van der Waals surface area contributed by atoms with Gasteiger partial charge >= 0.3 is 0 Å². The fourth-order valence-electron chi connectivity index (χ4n) is 3.27. The molecular formula is C15H19BrN4. The number of halogens is 1. The lowest BCUT2D eigenvalue weighted by Crippen LogP contribution is -2.42. The number of aromatic nitrogens is 3. The standard InChI is InChI=1S/C15H19BrN4/c1-3-11-8-20-14-12(19(11)7-10-4-5-10)6-9(2)17-13(14)15(16)18-20/h6,10-11H,3-5,7-8H2,1-2H3/t11-/m0/s1. The van der Waals surface area contributed by atoms with Gasteiger partial charge in [0.2, 0.25) is 0 Å². The summed E-state index contributed by atoms with van der Waals surface area (Å²) in [5.41, 5.74) is 4.61. The first-order valence-electron chi connectivity index (χ1n) is 7.47. The van der Waals surface area contributed by atoms with Crippen LogP contribution >= 0.6 is 15.9 Å². The number of hydrogen-bond acceptors (Lipinski definition) is 3. The van der Waals surface area contributed by atoms with E-state index in [1.165, 1.54) is 30.6 Å². The molecule has 0 amide bonds. The highest BCUT2D eigenvalue weighted by Crippen LogP contribution is 2.39. The van der Waals surface area contributed by atoms with Crippen LogP contribution in [-0.4, -0.2) is 27.4 Å². The molecule has 1 atom stereocenters. The molecule has 0 radical (unpaired) electrons. The monoisotopic (exact) mass is 334 g/mol. The van der Waals surface area contributed by atoms with E-state index in [9.17, 15) is 0 Å². The summed E-state index contributed by atoms with van der Waals surface area (Å²) in [5, 5.41) is 4.63. The minimum atomic E-state index is 0.555. The van der Waals surface area contributed by atoms with Crippen molar-refractivity contribution in [3.8, 4) is 0 Å². The number of rotatable bonds is 3. The van der Waals surface area contributed by atoms with Crippen molar-refractivity contribution in [2.24, 2.45) is 5.92 Å². The molecule has 20 heavy (non-hydrogen) atoms. The van der Waals surface area contributed by atoms with E-state index in [-0.39, 0.29) is 0 Å². The van der Waals surface area contributed by atoms with Gasteiger partial charge in [0.15, 0.2) is 4.60 Å². The van der Waals surface area contributed by atoms with Crippen LogP contribution in [0, 0.1) is 12.8 Å². The fourth-order valence-corrected chi connectivity index (χ4v) is 3.74. The molecule has 2 aromatic rings. The normalized spacial score (nSPS) is 21.8. The Morgan fingerprint density at radius 1 is 1.40 bits per heavy atom. The lowest BCUT2D eigenvalue weighted by atomic mass is 10.1. The SMILES string of the molecule is CC[C@H]1Cn2nc(Br)c3nc(C)cc(c32)N1CC1CC1. The van der Waals surface area contributed by atoms with Crippen LogP contribution in [0.25, 0.3) is 11.0 Å². The van der Waals surface area contributed by atoms with Crippen LogP contribution in [0.2, 0.25) is 0 Å². The number of hydrogen-bond donors (Lipinski definition) is 0. The third kappa shape index (κ3) is 1.86. The summed E-state index contributed by atoms with van der Waals surface area (Å²) in [6.45, 7) is 6.52. The van der Waals surface area contributed by atoms with Gasteiger partial charge in [0, 0.05) is 18.3 Å². The first-order chi connectivity index (χ1) is 9.67. The van der Waals surface area contributed by atoms with Gasteiger partial charge in [-0.25, -0.2) is 4.98 Å². The molecule has 0 saturated heterocycles. The van der Waals surface area contributed by atoms with Gasteiger partial charge in [0.25, 0.3) is 0 Å². The molecule has 2 aromatic heterocycles. The van der Waals surface area contributed by atoms with Crippen LogP contribution in [0.4, 0.5) is 5.69 Å². The zero-order valence-electron chi connectivity index (χ0n) is 11.9. The minimum Gasteiger partial charge on any atom is -0.365 e. The molecule has 4 rings (SSSR count). The van der Waals surface area contributed by atoms with Crippen LogP contribution in [0.3, 0.4) is 0 Å². The summed E-state index contributed by atoms with van der Waals surface area (Å²) in [6, 6.07) is 2.79. The molecule has 0 unspecified atom stereocenters. The summed E-state index contributed by atoms with van der Waals surface area (Å²) in [5.74, 6) is 0.894. The summed E-state index contributed by atoms with van der Waals surface area (Å²) in [4.78, 5) is 7.28. The Morgan fingerprint density at radius 3 is 2.90 bits per heavy atom. The van der Waals surface area contributed by atoms with Gasteiger partial charge in [0.1, 0.15) is 11.0 Å². The van der Waals surface area contributed by atoms with E-state index >= 15 is 0 Å². The first kappa shape index (κ1) is 12.6. The number of nitrogens with zero attached hydrogens (tertiary/aromatic N) is 4. The molecule has 1 aliphatic carbocycles. The van der Waals surface area contributed by atoms with Crippen molar-refractivity contribution < 1.29 is 0 Å². The van der Waals surface area contributed by atoms with Crippen molar-refractivity contribution in [3.63, 3.8) is 0 Å². The summed E-state index contributed by atoms with van der Waals surface area (Å²) in [7, 11) is 0. The molecule has 5 heteroatoms. The Bertz CT molecular complexity index is 674. The van der Waals surface area contributed by atoms with Crippen molar-refractivity contribution in [1.82, 2.24) is 14.8 Å². The Hall–Kier alpha value is -1.10. The Morgan fingerprint density at radius 2 is 2.20 bits per heavy atom. The molecule has 4 nitrogen and oxygen atoms in total. The van der Waals surface area contributed by atoms with Crippen LogP contribution in [-0.2, 0) is 6.54 Å². The number of aryl methyl sites for hydroxylation is 1. The first-order valence-corrected chi connectivity index (χ1v) is 8.27. The second-order valence-electron chi connectivity index (χ2n) is 6.11. The zero-order valence-corrected chi connectivity index (χ0v) is 13.5. The topological polar surface area (TPSA) is 34.0 Å². The molecule has 0 N–H and O–H groups in total. The van der Waals surface area contributed by atoms with Crippen LogP contribution in [0.15, 0.2) is 10.7 Å². The largest absolute Gasteiger partial charge is 0.365 e. The van der Waals surface area contributed by atoms with E-state index in [0.29, 0.717) is 6.04 Å². The Balaban J connectivity index is 1.91. The van der Waals surface area contributed by atoms with Gasteiger partial charge in [0.05, 0.1) is 12.2 Å². The van der Waals surface area contributed by atoms with Crippen LogP contribution in [0.5, 0.6) is 0 Å². The number of anilines is 1. The van der Waals surface area contributed by atoms with Crippen molar-refractivity contribution in [3.05, 3.63) is 16.4 Å². The lowest BCUT2D eigenvalue weighted by Gasteiger charge is -2.37. The minimum absolute atomic E-state index is 0.555. The summed E-state index contributed by atoms with van der Waals surface area (Å²) >= 11 is 3.57. The maximum Gasteiger partial charge on any atom is 0.154 e. The van der Waals surface area contributed by atoms with Gasteiger partial charge in [-0.2, -0.15) is 5.10 Å². The smallest absolute Gasteiger partial charge is 0.154 e. The average molecular weight is 335 g/mol. The molecule has 0 bridgehead atoms. The summed E-state index contributed by atoms with van der Waals surface area (Å²) in [6.07, 6.45) is 3.94. The summed E-state index contributed by atoms with van der Waals surface area (Å²) < 4.78 is 3.01. The second-order valence-corrected chi connectivity index (χ2v) is 6.86. The predicted octanol–water partition coefficient (Wildman–Crippen LogP) is 3.51. The zero-order chi connectivity index (χ0) is 13.9. The lowest BCUT2D eigenvalue weighted by molar-refractivity contribution is 0.451. The molecule has 1 fully saturated rings.